The Morgan fingerprint density at radius 1 is 1.08 bits per heavy atom. The molecule has 2 aromatic rings. The highest BCUT2D eigenvalue weighted by molar-refractivity contribution is 8.16. The van der Waals surface area contributed by atoms with E-state index in [1.807, 2.05) is 55.5 Å². The Morgan fingerprint density at radius 3 is 2.38 bits per heavy atom. The van der Waals surface area contributed by atoms with Gasteiger partial charge in [0.25, 0.3) is 0 Å². The van der Waals surface area contributed by atoms with Crippen molar-refractivity contribution in [3.63, 3.8) is 0 Å². The van der Waals surface area contributed by atoms with Crippen molar-refractivity contribution in [1.82, 2.24) is 4.90 Å². The second kappa shape index (κ2) is 6.84. The Kier molecular flexibility index (Phi) is 4.39. The highest BCUT2D eigenvalue weighted by Crippen LogP contribution is 2.46. The number of rotatable bonds is 3. The largest absolute Gasteiger partial charge is 0.466 e. The first-order valence-corrected chi connectivity index (χ1v) is 9.23. The minimum absolute atomic E-state index is 0.266. The lowest BCUT2D eigenvalue weighted by Gasteiger charge is -2.36. The summed E-state index contributed by atoms with van der Waals surface area (Å²) in [6.45, 7) is 1.87. The predicted octanol–water partition coefficient (Wildman–Crippen LogP) is 4.59. The van der Waals surface area contributed by atoms with Gasteiger partial charge in [-0.1, -0.05) is 72.4 Å². The number of hydrogen-bond acceptors (Lipinski definition) is 5. The van der Waals surface area contributed by atoms with E-state index in [-0.39, 0.29) is 12.0 Å². The summed E-state index contributed by atoms with van der Waals surface area (Å²) >= 11 is 1.58. The van der Waals surface area contributed by atoms with Crippen molar-refractivity contribution in [2.75, 3.05) is 7.11 Å². The number of esters is 1. The molecule has 2 aliphatic heterocycles. The van der Waals surface area contributed by atoms with Crippen molar-refractivity contribution in [2.24, 2.45) is 4.99 Å². The van der Waals surface area contributed by atoms with E-state index in [1.54, 1.807) is 11.8 Å². The number of allylic oxidation sites excluding steroid dienone is 1. The lowest BCUT2D eigenvalue weighted by molar-refractivity contribution is -0.136. The average Bonchev–Trinajstić information content (AvgIpc) is 3.11. The number of aliphatic imine (C=N–C) groups is 1. The number of ether oxygens (including phenoxy) is 1. The van der Waals surface area contributed by atoms with Gasteiger partial charge >= 0.3 is 5.97 Å². The van der Waals surface area contributed by atoms with E-state index in [9.17, 15) is 4.79 Å². The lowest BCUT2D eigenvalue weighted by Crippen LogP contribution is -2.36. The second-order valence-corrected chi connectivity index (χ2v) is 6.89. The van der Waals surface area contributed by atoms with Gasteiger partial charge in [-0.25, -0.2) is 9.79 Å². The quantitative estimate of drug-likeness (QED) is 0.749. The molecule has 4 rings (SSSR count). The average molecular weight is 362 g/mol. The molecule has 2 aromatic carbocycles. The summed E-state index contributed by atoms with van der Waals surface area (Å²) in [5, 5.41) is 2.97. The molecule has 1 atom stereocenters. The summed E-state index contributed by atoms with van der Waals surface area (Å²) in [4.78, 5) is 19.4. The van der Waals surface area contributed by atoms with Gasteiger partial charge in [-0.3, -0.25) is 0 Å². The fraction of sp³-hybridized carbons (Fsp3) is 0.143. The molecule has 2 aliphatic rings. The normalized spacial score (nSPS) is 19.0. The van der Waals surface area contributed by atoms with Gasteiger partial charge in [0.15, 0.2) is 5.17 Å². The van der Waals surface area contributed by atoms with Gasteiger partial charge in [-0.15, -0.1) is 0 Å². The first kappa shape index (κ1) is 16.7. The van der Waals surface area contributed by atoms with E-state index in [2.05, 4.69) is 27.4 Å². The van der Waals surface area contributed by atoms with E-state index >= 15 is 0 Å². The SMILES string of the molecule is COC(=O)C1=C(C)N=C2SC=C(c3ccccc3)N2C1c1ccccc1. The first-order chi connectivity index (χ1) is 12.7. The third-order valence-electron chi connectivity index (χ3n) is 4.52. The van der Waals surface area contributed by atoms with Crippen LogP contribution in [0.2, 0.25) is 0 Å². The van der Waals surface area contributed by atoms with Crippen molar-refractivity contribution in [3.05, 3.63) is 88.5 Å². The highest BCUT2D eigenvalue weighted by Gasteiger charge is 2.40. The second-order valence-electron chi connectivity index (χ2n) is 6.06. The molecule has 0 amide bonds. The summed E-state index contributed by atoms with van der Waals surface area (Å²) in [5.74, 6) is -0.344. The summed E-state index contributed by atoms with van der Waals surface area (Å²) in [6, 6.07) is 19.9. The summed E-state index contributed by atoms with van der Waals surface area (Å²) in [7, 11) is 1.41. The van der Waals surface area contributed by atoms with Crippen LogP contribution < -0.4 is 0 Å². The molecule has 0 N–H and O–H groups in total. The monoisotopic (exact) mass is 362 g/mol. The molecule has 0 saturated heterocycles. The van der Waals surface area contributed by atoms with Crippen LogP contribution in [0.25, 0.3) is 5.70 Å². The van der Waals surface area contributed by atoms with Gasteiger partial charge in [0.1, 0.15) is 0 Å². The number of carbonyl (C=O) groups excluding carboxylic acids is 1. The number of fused-ring (bicyclic) bond motifs is 1. The molecule has 130 valence electrons. The Balaban J connectivity index is 1.88. The van der Waals surface area contributed by atoms with Gasteiger partial charge < -0.3 is 9.64 Å². The number of nitrogens with zero attached hydrogens (tertiary/aromatic N) is 2. The van der Waals surface area contributed by atoms with E-state index in [0.29, 0.717) is 11.3 Å². The van der Waals surface area contributed by atoms with Crippen LogP contribution in [0.4, 0.5) is 0 Å². The maximum absolute atomic E-state index is 12.6. The van der Waals surface area contributed by atoms with Gasteiger partial charge in [0.2, 0.25) is 0 Å². The van der Waals surface area contributed by atoms with Crippen LogP contribution >= 0.6 is 11.8 Å². The Morgan fingerprint density at radius 2 is 1.73 bits per heavy atom. The topological polar surface area (TPSA) is 41.9 Å². The molecular weight excluding hydrogens is 344 g/mol. The van der Waals surface area contributed by atoms with Crippen LogP contribution in [0.3, 0.4) is 0 Å². The zero-order chi connectivity index (χ0) is 18.1. The molecule has 0 radical (unpaired) electrons. The molecule has 4 nitrogen and oxygen atoms in total. The molecule has 0 aliphatic carbocycles. The smallest absolute Gasteiger partial charge is 0.338 e. The van der Waals surface area contributed by atoms with Crippen LogP contribution in [0.1, 0.15) is 24.1 Å². The molecular formula is C21H18N2O2S. The molecule has 0 spiro atoms. The van der Waals surface area contributed by atoms with Gasteiger partial charge in [0, 0.05) is 5.41 Å². The number of methoxy groups -OCH3 is 1. The third-order valence-corrected chi connectivity index (χ3v) is 5.36. The number of benzene rings is 2. The minimum atomic E-state index is -0.344. The minimum Gasteiger partial charge on any atom is -0.466 e. The predicted molar refractivity (Wildman–Crippen MR) is 105 cm³/mol. The Hall–Kier alpha value is -2.79. The zero-order valence-corrected chi connectivity index (χ0v) is 15.4. The van der Waals surface area contributed by atoms with Crippen LogP contribution in [0.5, 0.6) is 0 Å². The molecule has 26 heavy (non-hydrogen) atoms. The fourth-order valence-corrected chi connectivity index (χ4v) is 4.30. The standard InChI is InChI=1S/C21H18N2O2S/c1-14-18(20(24)25-2)19(16-11-7-4-8-12-16)23-17(13-26-21(23)22-14)15-9-5-3-6-10-15/h3-13,19H,1-2H3. The van der Waals surface area contributed by atoms with Crippen molar-refractivity contribution >= 4 is 28.6 Å². The molecule has 0 fully saturated rings. The number of amidine groups is 1. The number of hydrogen-bond donors (Lipinski definition) is 0. The maximum atomic E-state index is 12.6. The summed E-state index contributed by atoms with van der Waals surface area (Å²) in [5.41, 5.74) is 4.44. The number of thioether (sulfide) groups is 1. The van der Waals surface area contributed by atoms with Gasteiger partial charge in [-0.05, 0) is 18.1 Å². The van der Waals surface area contributed by atoms with Crippen molar-refractivity contribution < 1.29 is 9.53 Å². The lowest BCUT2D eigenvalue weighted by atomic mass is 9.93. The fourth-order valence-electron chi connectivity index (χ4n) is 3.32. The summed E-state index contributed by atoms with van der Waals surface area (Å²) < 4.78 is 5.08. The van der Waals surface area contributed by atoms with Gasteiger partial charge in [0.05, 0.1) is 30.1 Å². The Labute approximate surface area is 156 Å². The zero-order valence-electron chi connectivity index (χ0n) is 14.5. The molecule has 2 heterocycles. The highest BCUT2D eigenvalue weighted by atomic mass is 32.2. The van der Waals surface area contributed by atoms with Crippen molar-refractivity contribution in [2.45, 2.75) is 13.0 Å². The third kappa shape index (κ3) is 2.74. The van der Waals surface area contributed by atoms with Gasteiger partial charge in [-0.2, -0.15) is 0 Å². The van der Waals surface area contributed by atoms with Crippen LogP contribution in [-0.2, 0) is 9.53 Å². The molecule has 1 unspecified atom stereocenters. The molecule has 5 heteroatoms. The van der Waals surface area contributed by atoms with E-state index in [4.69, 9.17) is 4.74 Å². The van der Waals surface area contributed by atoms with E-state index in [0.717, 1.165) is 22.0 Å². The van der Waals surface area contributed by atoms with E-state index < -0.39 is 0 Å². The van der Waals surface area contributed by atoms with Crippen LogP contribution in [0.15, 0.2) is 82.3 Å². The maximum Gasteiger partial charge on any atom is 0.338 e. The molecule has 0 saturated carbocycles. The molecule has 0 aromatic heterocycles. The van der Waals surface area contributed by atoms with Crippen LogP contribution in [-0.4, -0.2) is 23.1 Å². The van der Waals surface area contributed by atoms with Crippen molar-refractivity contribution in [3.8, 4) is 0 Å². The Bertz CT molecular complexity index is 933. The first-order valence-electron chi connectivity index (χ1n) is 8.35. The van der Waals surface area contributed by atoms with E-state index in [1.165, 1.54) is 7.11 Å². The summed E-state index contributed by atoms with van der Waals surface area (Å²) in [6.07, 6.45) is 0. The van der Waals surface area contributed by atoms with Crippen molar-refractivity contribution in [1.29, 1.82) is 0 Å². The number of carbonyl (C=O) groups is 1. The molecule has 0 bridgehead atoms. The van der Waals surface area contributed by atoms with Crippen LogP contribution in [0, 0.1) is 0 Å².